The van der Waals surface area contributed by atoms with E-state index in [1.807, 2.05) is 0 Å². The minimum absolute atomic E-state index is 0. The fraction of sp³-hybridized carbons (Fsp3) is 0.556. The van der Waals surface area contributed by atoms with E-state index >= 15 is 0 Å². The van der Waals surface area contributed by atoms with E-state index in [1.54, 1.807) is 11.3 Å². The molecule has 15 heavy (non-hydrogen) atoms. The first-order valence-electron chi connectivity index (χ1n) is 4.59. The molecule has 0 amide bonds. The first-order valence-corrected chi connectivity index (χ1v) is 5.47. The highest BCUT2D eigenvalue weighted by Crippen LogP contribution is 2.19. The zero-order valence-electron chi connectivity index (χ0n) is 8.93. The van der Waals surface area contributed by atoms with Gasteiger partial charge in [0, 0.05) is 24.3 Å². The van der Waals surface area contributed by atoms with Crippen LogP contribution in [0.3, 0.4) is 0 Å². The Morgan fingerprint density at radius 2 is 2.20 bits per heavy atom. The van der Waals surface area contributed by atoms with Crippen LogP contribution in [0.4, 0.5) is 0 Å². The molecule has 0 aliphatic heterocycles. The fourth-order valence-corrected chi connectivity index (χ4v) is 1.87. The van der Waals surface area contributed by atoms with Gasteiger partial charge in [0.2, 0.25) is 0 Å². The monoisotopic (exact) mass is 340 g/mol. The SMILES string of the molecule is CC(C)c1nc(CCN=C(N)N)cs1.I. The van der Waals surface area contributed by atoms with Crippen LogP contribution in [0.25, 0.3) is 0 Å². The predicted molar refractivity (Wildman–Crippen MR) is 76.0 cm³/mol. The summed E-state index contributed by atoms with van der Waals surface area (Å²) in [4.78, 5) is 8.39. The number of hydrogen-bond acceptors (Lipinski definition) is 3. The lowest BCUT2D eigenvalue weighted by atomic mass is 10.2. The lowest BCUT2D eigenvalue weighted by Crippen LogP contribution is -2.23. The summed E-state index contributed by atoms with van der Waals surface area (Å²) in [5, 5.41) is 3.24. The molecule has 4 N–H and O–H groups in total. The molecule has 0 spiro atoms. The number of hydrogen-bond donors (Lipinski definition) is 2. The minimum atomic E-state index is 0. The molecule has 0 unspecified atom stereocenters. The van der Waals surface area contributed by atoms with Crippen molar-refractivity contribution < 1.29 is 0 Å². The van der Waals surface area contributed by atoms with Gasteiger partial charge in [-0.2, -0.15) is 0 Å². The Balaban J connectivity index is 0.00000196. The Bertz CT molecular complexity index is 318. The van der Waals surface area contributed by atoms with E-state index in [0.29, 0.717) is 12.5 Å². The van der Waals surface area contributed by atoms with Crippen molar-refractivity contribution in [3.63, 3.8) is 0 Å². The highest BCUT2D eigenvalue weighted by Gasteiger charge is 2.04. The van der Waals surface area contributed by atoms with Crippen LogP contribution in [-0.4, -0.2) is 17.5 Å². The summed E-state index contributed by atoms with van der Waals surface area (Å²) < 4.78 is 0. The van der Waals surface area contributed by atoms with E-state index in [9.17, 15) is 0 Å². The molecule has 0 saturated carbocycles. The molecule has 6 heteroatoms. The van der Waals surface area contributed by atoms with Crippen LogP contribution in [0, 0.1) is 0 Å². The van der Waals surface area contributed by atoms with Gasteiger partial charge in [-0.25, -0.2) is 4.98 Å². The van der Waals surface area contributed by atoms with E-state index in [1.165, 1.54) is 5.01 Å². The molecule has 0 aromatic carbocycles. The van der Waals surface area contributed by atoms with Crippen LogP contribution in [0.15, 0.2) is 10.4 Å². The summed E-state index contributed by atoms with van der Waals surface area (Å²) in [5.41, 5.74) is 11.5. The van der Waals surface area contributed by atoms with E-state index in [2.05, 4.69) is 29.2 Å². The quantitative estimate of drug-likeness (QED) is 0.498. The second-order valence-electron chi connectivity index (χ2n) is 3.39. The molecule has 0 bridgehead atoms. The number of thiazole rings is 1. The lowest BCUT2D eigenvalue weighted by molar-refractivity contribution is 0.831. The summed E-state index contributed by atoms with van der Waals surface area (Å²) >= 11 is 1.69. The number of nitrogens with zero attached hydrogens (tertiary/aromatic N) is 2. The molecular formula is C9H17IN4S. The van der Waals surface area contributed by atoms with Gasteiger partial charge in [-0.1, -0.05) is 13.8 Å². The normalized spacial score (nSPS) is 9.80. The van der Waals surface area contributed by atoms with Gasteiger partial charge in [-0.05, 0) is 0 Å². The highest BCUT2D eigenvalue weighted by atomic mass is 127. The first kappa shape index (κ1) is 14.6. The van der Waals surface area contributed by atoms with Gasteiger partial charge in [0.25, 0.3) is 0 Å². The Labute approximate surface area is 111 Å². The molecule has 0 radical (unpaired) electrons. The molecule has 0 atom stereocenters. The first-order chi connectivity index (χ1) is 6.59. The van der Waals surface area contributed by atoms with E-state index < -0.39 is 0 Å². The van der Waals surface area contributed by atoms with Crippen molar-refractivity contribution in [2.24, 2.45) is 16.5 Å². The minimum Gasteiger partial charge on any atom is -0.370 e. The maximum absolute atomic E-state index is 5.22. The smallest absolute Gasteiger partial charge is 0.185 e. The van der Waals surface area contributed by atoms with Crippen molar-refractivity contribution >= 4 is 41.3 Å². The number of aromatic nitrogens is 1. The summed E-state index contributed by atoms with van der Waals surface area (Å²) in [6, 6.07) is 0. The largest absolute Gasteiger partial charge is 0.370 e. The average Bonchev–Trinajstić information content (AvgIpc) is 2.52. The molecular weight excluding hydrogens is 323 g/mol. The van der Waals surface area contributed by atoms with Crippen molar-refractivity contribution in [1.29, 1.82) is 0 Å². The van der Waals surface area contributed by atoms with Crippen LogP contribution >= 0.6 is 35.3 Å². The average molecular weight is 340 g/mol. The molecule has 1 aromatic rings. The van der Waals surface area contributed by atoms with Gasteiger partial charge >= 0.3 is 0 Å². The number of rotatable bonds is 4. The van der Waals surface area contributed by atoms with Gasteiger partial charge in [-0.3, -0.25) is 4.99 Å². The van der Waals surface area contributed by atoms with Crippen molar-refractivity contribution in [2.75, 3.05) is 6.54 Å². The van der Waals surface area contributed by atoms with Crippen LogP contribution in [0.2, 0.25) is 0 Å². The Morgan fingerprint density at radius 1 is 1.53 bits per heavy atom. The van der Waals surface area contributed by atoms with Crippen LogP contribution < -0.4 is 11.5 Å². The molecule has 0 fully saturated rings. The van der Waals surface area contributed by atoms with E-state index in [-0.39, 0.29) is 29.9 Å². The van der Waals surface area contributed by atoms with Gasteiger partial charge in [0.15, 0.2) is 5.96 Å². The van der Waals surface area contributed by atoms with Crippen molar-refractivity contribution in [2.45, 2.75) is 26.2 Å². The number of nitrogens with two attached hydrogens (primary N) is 2. The van der Waals surface area contributed by atoms with E-state index in [0.717, 1.165) is 12.1 Å². The maximum atomic E-state index is 5.22. The second-order valence-corrected chi connectivity index (χ2v) is 4.28. The van der Waals surface area contributed by atoms with E-state index in [4.69, 9.17) is 11.5 Å². The van der Waals surface area contributed by atoms with Gasteiger partial charge in [-0.15, -0.1) is 35.3 Å². The summed E-state index contributed by atoms with van der Waals surface area (Å²) in [7, 11) is 0. The topological polar surface area (TPSA) is 77.3 Å². The van der Waals surface area contributed by atoms with Crippen molar-refractivity contribution in [3.05, 3.63) is 16.1 Å². The molecule has 0 aliphatic carbocycles. The highest BCUT2D eigenvalue weighted by molar-refractivity contribution is 14.0. The van der Waals surface area contributed by atoms with Gasteiger partial charge in [0.05, 0.1) is 10.7 Å². The third-order valence-electron chi connectivity index (χ3n) is 1.73. The molecule has 1 heterocycles. The number of halogens is 1. The summed E-state index contributed by atoms with van der Waals surface area (Å²) in [6.45, 7) is 4.89. The van der Waals surface area contributed by atoms with Crippen molar-refractivity contribution in [1.82, 2.24) is 4.98 Å². The molecule has 0 saturated heterocycles. The zero-order valence-corrected chi connectivity index (χ0v) is 12.1. The third-order valence-corrected chi connectivity index (χ3v) is 2.92. The lowest BCUT2D eigenvalue weighted by Gasteiger charge is -1.96. The Kier molecular flexibility index (Phi) is 6.82. The third kappa shape index (κ3) is 5.31. The summed E-state index contributed by atoms with van der Waals surface area (Å²) in [5.74, 6) is 0.640. The predicted octanol–water partition coefficient (Wildman–Crippen LogP) is 1.70. The van der Waals surface area contributed by atoms with Crippen LogP contribution in [0.5, 0.6) is 0 Å². The number of aliphatic imine (C=N–C) groups is 1. The Hall–Kier alpha value is -0.370. The standard InChI is InChI=1S/C9H16N4S.HI/c1-6(2)8-13-7(5-14-8)3-4-12-9(10)11;/h5-6H,3-4H2,1-2H3,(H4,10,11,12);1H. The van der Waals surface area contributed by atoms with Crippen molar-refractivity contribution in [3.8, 4) is 0 Å². The maximum Gasteiger partial charge on any atom is 0.185 e. The van der Waals surface area contributed by atoms with Crippen LogP contribution in [0.1, 0.15) is 30.5 Å². The molecule has 86 valence electrons. The summed E-state index contributed by atoms with van der Waals surface area (Å²) in [6.07, 6.45) is 0.807. The van der Waals surface area contributed by atoms with Crippen LogP contribution in [-0.2, 0) is 6.42 Å². The Morgan fingerprint density at radius 3 is 2.67 bits per heavy atom. The zero-order chi connectivity index (χ0) is 10.6. The second kappa shape index (κ2) is 7.00. The van der Waals surface area contributed by atoms with Gasteiger partial charge < -0.3 is 11.5 Å². The molecule has 1 aromatic heterocycles. The van der Waals surface area contributed by atoms with Gasteiger partial charge in [0.1, 0.15) is 0 Å². The molecule has 4 nitrogen and oxygen atoms in total. The molecule has 0 aliphatic rings. The fourth-order valence-electron chi connectivity index (χ4n) is 1.00. The number of guanidine groups is 1. The molecule has 1 rings (SSSR count).